The number of rotatable bonds is 9. The van der Waals surface area contributed by atoms with Gasteiger partial charge in [-0.25, -0.2) is 0 Å². The van der Waals surface area contributed by atoms with Crippen LogP contribution in [0.1, 0.15) is 42.4 Å². The normalized spacial score (nSPS) is 14.4. The lowest BCUT2D eigenvalue weighted by Gasteiger charge is -2.32. The summed E-state index contributed by atoms with van der Waals surface area (Å²) >= 11 is 18.5. The van der Waals surface area contributed by atoms with E-state index in [1.165, 1.54) is 0 Å². The van der Waals surface area contributed by atoms with Crippen LogP contribution in [0.3, 0.4) is 0 Å². The zero-order valence-electron chi connectivity index (χ0n) is 19.9. The SMILES string of the molecule is O=C(NC1CCCC1)C(Cc1ccccc1)N(Cc1cccc(Cl)c1)C(=O)Cc1ccc(Cl)c(Cl)c1. The third kappa shape index (κ3) is 7.25. The highest BCUT2D eigenvalue weighted by Crippen LogP contribution is 2.25. The van der Waals surface area contributed by atoms with Crippen LogP contribution in [-0.4, -0.2) is 28.8 Å². The van der Waals surface area contributed by atoms with Gasteiger partial charge in [0, 0.05) is 24.0 Å². The summed E-state index contributed by atoms with van der Waals surface area (Å²) in [5.41, 5.74) is 2.58. The van der Waals surface area contributed by atoms with Gasteiger partial charge in [-0.3, -0.25) is 9.59 Å². The first-order valence-electron chi connectivity index (χ1n) is 12.2. The minimum atomic E-state index is -0.678. The molecule has 3 aromatic rings. The average Bonchev–Trinajstić information content (AvgIpc) is 3.37. The first kappa shape index (κ1) is 26.5. The lowest BCUT2D eigenvalue weighted by atomic mass is 10.0. The van der Waals surface area contributed by atoms with Crippen molar-refractivity contribution in [3.8, 4) is 0 Å². The highest BCUT2D eigenvalue weighted by atomic mass is 35.5. The molecule has 4 rings (SSSR count). The van der Waals surface area contributed by atoms with Crippen LogP contribution >= 0.6 is 34.8 Å². The van der Waals surface area contributed by atoms with Crippen LogP contribution in [0.15, 0.2) is 72.8 Å². The molecule has 2 amide bonds. The second kappa shape index (κ2) is 12.6. The fraction of sp³-hybridized carbons (Fsp3) is 0.310. The molecule has 0 saturated heterocycles. The molecule has 7 heteroatoms. The Kier molecular flexibility index (Phi) is 9.30. The molecule has 1 fully saturated rings. The Labute approximate surface area is 227 Å². The van der Waals surface area contributed by atoms with Crippen molar-refractivity contribution < 1.29 is 9.59 Å². The summed E-state index contributed by atoms with van der Waals surface area (Å²) in [6.07, 6.45) is 4.66. The van der Waals surface area contributed by atoms with Crippen LogP contribution in [0.2, 0.25) is 15.1 Å². The molecule has 188 valence electrons. The third-order valence-electron chi connectivity index (χ3n) is 6.55. The van der Waals surface area contributed by atoms with E-state index < -0.39 is 6.04 Å². The molecule has 0 bridgehead atoms. The van der Waals surface area contributed by atoms with E-state index in [1.807, 2.05) is 48.5 Å². The quantitative estimate of drug-likeness (QED) is 0.319. The molecule has 0 aliphatic heterocycles. The molecule has 0 heterocycles. The molecule has 3 aromatic carbocycles. The largest absolute Gasteiger partial charge is 0.352 e. The molecular weight excluding hydrogens is 515 g/mol. The first-order valence-corrected chi connectivity index (χ1v) is 13.3. The number of halogens is 3. The molecule has 1 aliphatic carbocycles. The minimum absolute atomic E-state index is 0.0967. The van der Waals surface area contributed by atoms with Crippen molar-refractivity contribution in [3.63, 3.8) is 0 Å². The molecule has 0 radical (unpaired) electrons. The number of nitrogens with zero attached hydrogens (tertiary/aromatic N) is 1. The number of hydrogen-bond donors (Lipinski definition) is 1. The second-order valence-electron chi connectivity index (χ2n) is 9.27. The van der Waals surface area contributed by atoms with Crippen molar-refractivity contribution in [2.24, 2.45) is 0 Å². The van der Waals surface area contributed by atoms with Gasteiger partial charge in [0.05, 0.1) is 16.5 Å². The van der Waals surface area contributed by atoms with Gasteiger partial charge >= 0.3 is 0 Å². The fourth-order valence-electron chi connectivity index (χ4n) is 4.68. The van der Waals surface area contributed by atoms with E-state index in [0.29, 0.717) is 21.5 Å². The summed E-state index contributed by atoms with van der Waals surface area (Å²) in [5.74, 6) is -0.300. The van der Waals surface area contributed by atoms with Gasteiger partial charge in [0.1, 0.15) is 6.04 Å². The predicted octanol–water partition coefficient (Wildman–Crippen LogP) is 6.89. The van der Waals surface area contributed by atoms with Crippen LogP contribution in [0.5, 0.6) is 0 Å². The number of carbonyl (C=O) groups excluding carboxylic acids is 2. The summed E-state index contributed by atoms with van der Waals surface area (Å²) in [6, 6.07) is 21.8. The van der Waals surface area contributed by atoms with Gasteiger partial charge in [-0.2, -0.15) is 0 Å². The van der Waals surface area contributed by atoms with E-state index in [4.69, 9.17) is 34.8 Å². The van der Waals surface area contributed by atoms with Crippen molar-refractivity contribution in [2.45, 2.75) is 57.2 Å². The van der Waals surface area contributed by atoms with Crippen LogP contribution in [0.4, 0.5) is 0 Å². The monoisotopic (exact) mass is 542 g/mol. The maximum atomic E-state index is 13.8. The Morgan fingerprint density at radius 1 is 0.833 bits per heavy atom. The van der Waals surface area contributed by atoms with E-state index >= 15 is 0 Å². The number of benzene rings is 3. The van der Waals surface area contributed by atoms with Crippen LogP contribution < -0.4 is 5.32 Å². The van der Waals surface area contributed by atoms with Crippen LogP contribution in [0.25, 0.3) is 0 Å². The van der Waals surface area contributed by atoms with Gasteiger partial charge in [0.25, 0.3) is 0 Å². The van der Waals surface area contributed by atoms with E-state index in [2.05, 4.69) is 5.32 Å². The zero-order valence-corrected chi connectivity index (χ0v) is 22.2. The number of nitrogens with one attached hydrogen (secondary N) is 1. The second-order valence-corrected chi connectivity index (χ2v) is 10.5. The first-order chi connectivity index (χ1) is 17.4. The molecule has 1 saturated carbocycles. The summed E-state index contributed by atoms with van der Waals surface area (Å²) in [5, 5.41) is 4.62. The maximum Gasteiger partial charge on any atom is 0.243 e. The van der Waals surface area contributed by atoms with E-state index in [9.17, 15) is 9.59 Å². The average molecular weight is 544 g/mol. The summed E-state index contributed by atoms with van der Waals surface area (Å²) in [7, 11) is 0. The van der Waals surface area contributed by atoms with E-state index in [-0.39, 0.29) is 30.8 Å². The van der Waals surface area contributed by atoms with Crippen molar-refractivity contribution in [2.75, 3.05) is 0 Å². The van der Waals surface area contributed by atoms with Gasteiger partial charge in [-0.05, 0) is 53.8 Å². The molecule has 0 aromatic heterocycles. The Bertz CT molecular complexity index is 1200. The molecule has 0 spiro atoms. The smallest absolute Gasteiger partial charge is 0.243 e. The van der Waals surface area contributed by atoms with Gasteiger partial charge in [-0.1, -0.05) is 96.2 Å². The molecule has 1 N–H and O–H groups in total. The lowest BCUT2D eigenvalue weighted by Crippen LogP contribution is -2.52. The van der Waals surface area contributed by atoms with Crippen LogP contribution in [-0.2, 0) is 29.0 Å². The molecule has 36 heavy (non-hydrogen) atoms. The molecule has 1 aliphatic rings. The predicted molar refractivity (Wildman–Crippen MR) is 147 cm³/mol. The van der Waals surface area contributed by atoms with Gasteiger partial charge in [0.2, 0.25) is 11.8 Å². The Morgan fingerprint density at radius 2 is 1.56 bits per heavy atom. The lowest BCUT2D eigenvalue weighted by molar-refractivity contribution is -0.141. The summed E-state index contributed by atoms with van der Waals surface area (Å²) in [6.45, 7) is 0.260. The highest BCUT2D eigenvalue weighted by Gasteiger charge is 2.32. The van der Waals surface area contributed by atoms with Crippen LogP contribution in [0, 0.1) is 0 Å². The zero-order chi connectivity index (χ0) is 25.5. The van der Waals surface area contributed by atoms with E-state index in [0.717, 1.165) is 42.4 Å². The number of hydrogen-bond acceptors (Lipinski definition) is 2. The van der Waals surface area contributed by atoms with Gasteiger partial charge in [0.15, 0.2) is 0 Å². The fourth-order valence-corrected chi connectivity index (χ4v) is 5.21. The minimum Gasteiger partial charge on any atom is -0.352 e. The van der Waals surface area contributed by atoms with Crippen molar-refractivity contribution in [1.29, 1.82) is 0 Å². The van der Waals surface area contributed by atoms with Crippen molar-refractivity contribution in [3.05, 3.63) is 105 Å². The molecule has 1 atom stereocenters. The Hall–Kier alpha value is -2.53. The molecular formula is C29H29Cl3N2O2. The van der Waals surface area contributed by atoms with Crippen molar-refractivity contribution >= 4 is 46.6 Å². The molecule has 4 nitrogen and oxygen atoms in total. The topological polar surface area (TPSA) is 49.4 Å². The Morgan fingerprint density at radius 3 is 2.25 bits per heavy atom. The number of carbonyl (C=O) groups is 2. The Balaban J connectivity index is 1.66. The summed E-state index contributed by atoms with van der Waals surface area (Å²) in [4.78, 5) is 29.2. The number of amides is 2. The summed E-state index contributed by atoms with van der Waals surface area (Å²) < 4.78 is 0. The van der Waals surface area contributed by atoms with E-state index in [1.54, 1.807) is 29.2 Å². The maximum absolute atomic E-state index is 13.8. The standard InChI is InChI=1S/C29H29Cl3N2O2/c30-23-10-6-9-22(15-23)19-34(28(35)18-21-13-14-25(31)26(32)16-21)27(17-20-7-2-1-3-8-20)29(36)33-24-11-4-5-12-24/h1-3,6-10,13-16,24,27H,4-5,11-12,17-19H2,(H,33,36). The third-order valence-corrected chi connectivity index (χ3v) is 7.53. The molecule has 1 unspecified atom stereocenters. The van der Waals surface area contributed by atoms with Gasteiger partial charge < -0.3 is 10.2 Å². The highest BCUT2D eigenvalue weighted by molar-refractivity contribution is 6.42. The van der Waals surface area contributed by atoms with Gasteiger partial charge in [-0.15, -0.1) is 0 Å². The van der Waals surface area contributed by atoms with Crippen molar-refractivity contribution in [1.82, 2.24) is 10.2 Å².